The first-order valence-corrected chi connectivity index (χ1v) is 9.51. The summed E-state index contributed by atoms with van der Waals surface area (Å²) in [6, 6.07) is 16.3. The van der Waals surface area contributed by atoms with Gasteiger partial charge in [0.2, 0.25) is 0 Å². The van der Waals surface area contributed by atoms with Crippen molar-refractivity contribution in [2.45, 2.75) is 20.1 Å². The Bertz CT molecular complexity index is 930. The Kier molecular flexibility index (Phi) is 5.98. The summed E-state index contributed by atoms with van der Waals surface area (Å²) in [6.07, 6.45) is 0.607. The van der Waals surface area contributed by atoms with Gasteiger partial charge in [-0.15, -0.1) is 0 Å². The van der Waals surface area contributed by atoms with Gasteiger partial charge in [0.15, 0.2) is 0 Å². The summed E-state index contributed by atoms with van der Waals surface area (Å²) < 4.78 is 11.4. The Balaban J connectivity index is 1.72. The minimum absolute atomic E-state index is 0.107. The lowest BCUT2D eigenvalue weighted by Crippen LogP contribution is -2.13. The molecule has 1 fully saturated rings. The molecule has 0 N–H and O–H groups in total. The molecule has 0 heterocycles. The summed E-state index contributed by atoms with van der Waals surface area (Å²) in [5, 5.41) is 0. The van der Waals surface area contributed by atoms with Gasteiger partial charge in [0, 0.05) is 0 Å². The van der Waals surface area contributed by atoms with Crippen LogP contribution in [0.1, 0.15) is 25.6 Å². The Morgan fingerprint density at radius 1 is 1.14 bits per heavy atom. The molecule has 2 aromatic rings. The molecule has 0 spiro atoms. The van der Waals surface area contributed by atoms with Gasteiger partial charge in [0.05, 0.1) is 11.5 Å². The molecular formula is C22H19Cl2NO3. The lowest BCUT2D eigenvalue weighted by Gasteiger charge is -2.10. The molecule has 0 bridgehead atoms. The van der Waals surface area contributed by atoms with E-state index in [0.717, 1.165) is 0 Å². The quantitative estimate of drug-likeness (QED) is 0.397. The first-order valence-electron chi connectivity index (χ1n) is 8.75. The summed E-state index contributed by atoms with van der Waals surface area (Å²) in [5.41, 5.74) is 0.245. The molecule has 6 heteroatoms. The minimum Gasteiger partial charge on any atom is -0.457 e. The molecular weight excluding hydrogens is 397 g/mol. The number of allylic oxidation sites excluding steroid dienone is 1. The van der Waals surface area contributed by atoms with E-state index in [1.165, 1.54) is 0 Å². The molecule has 2 aromatic carbocycles. The maximum Gasteiger partial charge on any atom is 0.395 e. The Morgan fingerprint density at radius 3 is 2.46 bits per heavy atom. The zero-order valence-electron chi connectivity index (χ0n) is 15.4. The highest BCUT2D eigenvalue weighted by molar-refractivity contribution is 6.55. The number of benzene rings is 2. The number of hydrogen-bond acceptors (Lipinski definition) is 3. The molecule has 3 unspecified atom stereocenters. The van der Waals surface area contributed by atoms with Crippen LogP contribution in [-0.2, 0) is 9.53 Å². The van der Waals surface area contributed by atoms with E-state index in [4.69, 9.17) is 39.2 Å². The molecule has 0 amide bonds. The lowest BCUT2D eigenvalue weighted by atomic mass is 10.1. The Morgan fingerprint density at radius 2 is 1.82 bits per heavy atom. The summed E-state index contributed by atoms with van der Waals surface area (Å²) >= 11 is 11.5. The standard InChI is InChI=1S/C22H19Cl2NO3/c1-22(2)17(13-18(23)24)19(22)21(26)28-20(25-3)14-8-7-11-16(12-14)27-15-9-5-4-6-10-15/h4-13,17,19-20H,1-2H3. The normalized spacial score (nSPS) is 20.4. The molecule has 3 rings (SSSR count). The number of esters is 1. The fraction of sp³-hybridized carbons (Fsp3) is 0.273. The fourth-order valence-corrected chi connectivity index (χ4v) is 3.55. The minimum atomic E-state index is -1.04. The Labute approximate surface area is 174 Å². The number of rotatable bonds is 6. The van der Waals surface area contributed by atoms with Crippen molar-refractivity contribution < 1.29 is 14.3 Å². The molecule has 3 atom stereocenters. The Hall–Kier alpha value is -2.48. The predicted molar refractivity (Wildman–Crippen MR) is 109 cm³/mol. The van der Waals surface area contributed by atoms with Gasteiger partial charge >= 0.3 is 12.2 Å². The number of halogens is 2. The second kappa shape index (κ2) is 8.26. The van der Waals surface area contributed by atoms with Crippen LogP contribution in [0, 0.1) is 23.8 Å². The van der Waals surface area contributed by atoms with E-state index in [2.05, 4.69) is 4.85 Å². The van der Waals surface area contributed by atoms with Gasteiger partial charge < -0.3 is 9.47 Å². The van der Waals surface area contributed by atoms with Gasteiger partial charge in [-0.3, -0.25) is 9.64 Å². The van der Waals surface area contributed by atoms with Gasteiger partial charge in [-0.1, -0.05) is 61.3 Å². The summed E-state index contributed by atoms with van der Waals surface area (Å²) in [5.74, 6) is 0.326. The van der Waals surface area contributed by atoms with Crippen LogP contribution in [0.2, 0.25) is 0 Å². The second-order valence-electron chi connectivity index (χ2n) is 7.19. The van der Waals surface area contributed by atoms with E-state index in [-0.39, 0.29) is 21.7 Å². The van der Waals surface area contributed by atoms with Crippen molar-refractivity contribution in [3.8, 4) is 11.5 Å². The summed E-state index contributed by atoms with van der Waals surface area (Å²) in [7, 11) is 0. The van der Waals surface area contributed by atoms with E-state index in [0.29, 0.717) is 17.1 Å². The summed E-state index contributed by atoms with van der Waals surface area (Å²) in [6.45, 7) is 11.3. The SMILES string of the molecule is [C-]#[N+]C(OC(=O)C1C(C=C(Cl)Cl)C1(C)C)c1cccc(Oc2ccccc2)c1. The van der Waals surface area contributed by atoms with Gasteiger partial charge in [-0.2, -0.15) is 0 Å². The van der Waals surface area contributed by atoms with Crippen LogP contribution in [-0.4, -0.2) is 5.97 Å². The van der Waals surface area contributed by atoms with E-state index < -0.39 is 12.2 Å². The van der Waals surface area contributed by atoms with Crippen LogP contribution < -0.4 is 4.74 Å². The van der Waals surface area contributed by atoms with Gasteiger partial charge in [0.1, 0.15) is 16.0 Å². The average Bonchev–Trinajstić information content (AvgIpc) is 3.20. The number of nitrogens with zero attached hydrogens (tertiary/aromatic N) is 1. The highest BCUT2D eigenvalue weighted by Gasteiger charge is 2.62. The van der Waals surface area contributed by atoms with Gasteiger partial charge in [-0.05, 0) is 47.7 Å². The van der Waals surface area contributed by atoms with Gasteiger partial charge in [-0.25, -0.2) is 6.57 Å². The number of carbonyl (C=O) groups excluding carboxylic acids is 1. The molecule has 144 valence electrons. The molecule has 4 nitrogen and oxygen atoms in total. The zero-order chi connectivity index (χ0) is 20.3. The largest absolute Gasteiger partial charge is 0.457 e. The first kappa shape index (κ1) is 20.3. The molecule has 0 saturated heterocycles. The number of ether oxygens (including phenoxy) is 2. The zero-order valence-corrected chi connectivity index (χ0v) is 16.9. The van der Waals surface area contributed by atoms with Crippen LogP contribution >= 0.6 is 23.2 Å². The van der Waals surface area contributed by atoms with Crippen LogP contribution in [0.15, 0.2) is 65.2 Å². The highest BCUT2D eigenvalue weighted by atomic mass is 35.5. The fourth-order valence-electron chi connectivity index (χ4n) is 3.28. The lowest BCUT2D eigenvalue weighted by molar-refractivity contribution is -0.150. The molecule has 0 aliphatic heterocycles. The van der Waals surface area contributed by atoms with E-state index in [1.807, 2.05) is 44.2 Å². The van der Waals surface area contributed by atoms with Crippen LogP contribution in [0.25, 0.3) is 4.85 Å². The first-order chi connectivity index (χ1) is 13.3. The van der Waals surface area contributed by atoms with Crippen molar-refractivity contribution in [1.82, 2.24) is 0 Å². The van der Waals surface area contributed by atoms with Gasteiger partial charge in [0.25, 0.3) is 0 Å². The highest BCUT2D eigenvalue weighted by Crippen LogP contribution is 2.60. The van der Waals surface area contributed by atoms with Crippen LogP contribution in [0.4, 0.5) is 0 Å². The second-order valence-corrected chi connectivity index (χ2v) is 8.19. The summed E-state index contributed by atoms with van der Waals surface area (Å²) in [4.78, 5) is 16.1. The number of hydrogen-bond donors (Lipinski definition) is 0. The predicted octanol–water partition coefficient (Wildman–Crippen LogP) is 6.53. The van der Waals surface area contributed by atoms with Crippen LogP contribution in [0.5, 0.6) is 11.5 Å². The smallest absolute Gasteiger partial charge is 0.395 e. The molecule has 0 radical (unpaired) electrons. The number of carbonyl (C=O) groups is 1. The monoisotopic (exact) mass is 415 g/mol. The molecule has 1 aliphatic rings. The molecule has 0 aromatic heterocycles. The number of para-hydroxylation sites is 1. The third kappa shape index (κ3) is 4.49. The third-order valence-corrected chi connectivity index (χ3v) is 5.19. The van der Waals surface area contributed by atoms with Crippen molar-refractivity contribution in [3.63, 3.8) is 0 Å². The van der Waals surface area contributed by atoms with Crippen molar-refractivity contribution in [3.05, 3.63) is 82.1 Å². The average molecular weight is 416 g/mol. The van der Waals surface area contributed by atoms with E-state index in [1.54, 1.807) is 30.3 Å². The molecule has 1 saturated carbocycles. The molecule has 28 heavy (non-hydrogen) atoms. The van der Waals surface area contributed by atoms with Crippen molar-refractivity contribution in [2.24, 2.45) is 17.3 Å². The van der Waals surface area contributed by atoms with E-state index >= 15 is 0 Å². The molecule has 1 aliphatic carbocycles. The maximum atomic E-state index is 12.6. The third-order valence-electron chi connectivity index (χ3n) is 4.94. The van der Waals surface area contributed by atoms with Crippen molar-refractivity contribution in [1.29, 1.82) is 0 Å². The topological polar surface area (TPSA) is 39.9 Å². The van der Waals surface area contributed by atoms with E-state index in [9.17, 15) is 4.79 Å². The maximum absolute atomic E-state index is 12.6. The van der Waals surface area contributed by atoms with Crippen molar-refractivity contribution in [2.75, 3.05) is 0 Å². The van der Waals surface area contributed by atoms with Crippen molar-refractivity contribution >= 4 is 29.2 Å². The van der Waals surface area contributed by atoms with Crippen LogP contribution in [0.3, 0.4) is 0 Å².